The van der Waals surface area contributed by atoms with E-state index in [9.17, 15) is 0 Å². The molecule has 0 amide bonds. The molecule has 0 radical (unpaired) electrons. The lowest BCUT2D eigenvalue weighted by Crippen LogP contribution is -2.29. The first-order valence-electron chi connectivity index (χ1n) is 6.33. The van der Waals surface area contributed by atoms with E-state index >= 15 is 0 Å². The zero-order valence-corrected chi connectivity index (χ0v) is 10.3. The molecule has 18 heavy (non-hydrogen) atoms. The molecule has 0 saturated carbocycles. The maximum Gasteiger partial charge on any atom is 0.129 e. The van der Waals surface area contributed by atoms with Crippen molar-refractivity contribution >= 4 is 0 Å². The highest BCUT2D eigenvalue weighted by Crippen LogP contribution is 2.20. The quantitative estimate of drug-likeness (QED) is 0.899. The number of furan rings is 1. The maximum atomic E-state index is 8.98. The Bertz CT molecular complexity index is 533. The van der Waals surface area contributed by atoms with Crippen LogP contribution in [-0.2, 0) is 26.1 Å². The van der Waals surface area contributed by atoms with Gasteiger partial charge in [0.1, 0.15) is 18.1 Å². The molecule has 1 aromatic heterocycles. The summed E-state index contributed by atoms with van der Waals surface area (Å²) < 4.78 is 5.53. The Kier molecular flexibility index (Phi) is 3.17. The lowest BCUT2D eigenvalue weighted by atomic mass is 10.00. The Labute approximate surface area is 107 Å². The lowest BCUT2D eigenvalue weighted by molar-refractivity contribution is 0.208. The van der Waals surface area contributed by atoms with Gasteiger partial charge in [-0.25, -0.2) is 0 Å². The summed E-state index contributed by atoms with van der Waals surface area (Å²) >= 11 is 0. The van der Waals surface area contributed by atoms with Gasteiger partial charge in [0.15, 0.2) is 0 Å². The molecule has 0 saturated heterocycles. The number of rotatable bonds is 3. The molecule has 1 aliphatic heterocycles. The van der Waals surface area contributed by atoms with Gasteiger partial charge >= 0.3 is 0 Å². The smallest absolute Gasteiger partial charge is 0.129 e. The van der Waals surface area contributed by atoms with Crippen LogP contribution in [0.3, 0.4) is 0 Å². The summed E-state index contributed by atoms with van der Waals surface area (Å²) in [6, 6.07) is 12.4. The first-order chi connectivity index (χ1) is 8.85. The van der Waals surface area contributed by atoms with E-state index in [1.54, 1.807) is 0 Å². The predicted molar refractivity (Wildman–Crippen MR) is 68.9 cm³/mol. The molecule has 0 bridgehead atoms. The number of benzene rings is 1. The van der Waals surface area contributed by atoms with Crippen molar-refractivity contribution in [1.82, 2.24) is 4.90 Å². The first kappa shape index (κ1) is 11.5. The molecule has 0 aliphatic carbocycles. The Morgan fingerprint density at radius 1 is 1.06 bits per heavy atom. The molecule has 0 spiro atoms. The van der Waals surface area contributed by atoms with Crippen LogP contribution < -0.4 is 0 Å². The zero-order chi connectivity index (χ0) is 12.4. The van der Waals surface area contributed by atoms with Crippen molar-refractivity contribution in [2.45, 2.75) is 26.1 Å². The molecule has 3 heteroatoms. The Hall–Kier alpha value is -1.58. The van der Waals surface area contributed by atoms with Gasteiger partial charge in [0, 0.05) is 13.1 Å². The van der Waals surface area contributed by atoms with Crippen molar-refractivity contribution in [1.29, 1.82) is 0 Å². The minimum atomic E-state index is -0.0250. The van der Waals surface area contributed by atoms with Crippen molar-refractivity contribution in [2.24, 2.45) is 0 Å². The SMILES string of the molecule is OCc1ccc(CN2CCc3ccccc3C2)o1. The van der Waals surface area contributed by atoms with E-state index in [1.165, 1.54) is 11.1 Å². The maximum absolute atomic E-state index is 8.98. The van der Waals surface area contributed by atoms with Crippen molar-refractivity contribution in [3.8, 4) is 0 Å². The van der Waals surface area contributed by atoms with E-state index < -0.39 is 0 Å². The van der Waals surface area contributed by atoms with Crippen LogP contribution in [0.15, 0.2) is 40.8 Å². The van der Waals surface area contributed by atoms with E-state index in [4.69, 9.17) is 9.52 Å². The van der Waals surface area contributed by atoms with Crippen molar-refractivity contribution in [3.63, 3.8) is 0 Å². The second-order valence-electron chi connectivity index (χ2n) is 4.76. The summed E-state index contributed by atoms with van der Waals surface area (Å²) in [5.41, 5.74) is 2.88. The Morgan fingerprint density at radius 2 is 1.83 bits per heavy atom. The third-order valence-corrected chi connectivity index (χ3v) is 3.46. The van der Waals surface area contributed by atoms with Crippen LogP contribution in [0.25, 0.3) is 0 Å². The number of hydrogen-bond donors (Lipinski definition) is 1. The highest BCUT2D eigenvalue weighted by atomic mass is 16.4. The average molecular weight is 243 g/mol. The molecular formula is C15H17NO2. The molecule has 1 aromatic carbocycles. The summed E-state index contributed by atoms with van der Waals surface area (Å²) in [5, 5.41) is 8.98. The molecule has 94 valence electrons. The van der Waals surface area contributed by atoms with Crippen LogP contribution in [0.5, 0.6) is 0 Å². The van der Waals surface area contributed by atoms with Gasteiger partial charge in [-0.2, -0.15) is 0 Å². The third-order valence-electron chi connectivity index (χ3n) is 3.46. The molecule has 0 atom stereocenters. The van der Waals surface area contributed by atoms with Crippen molar-refractivity contribution in [2.75, 3.05) is 6.54 Å². The number of aliphatic hydroxyl groups is 1. The Morgan fingerprint density at radius 3 is 2.61 bits per heavy atom. The molecule has 2 aromatic rings. The number of hydrogen-bond acceptors (Lipinski definition) is 3. The summed E-state index contributed by atoms with van der Waals surface area (Å²) in [4.78, 5) is 2.38. The fourth-order valence-electron chi connectivity index (χ4n) is 2.50. The van der Waals surface area contributed by atoms with E-state index in [0.29, 0.717) is 5.76 Å². The molecule has 1 N–H and O–H groups in total. The number of aliphatic hydroxyl groups excluding tert-OH is 1. The normalized spacial score (nSPS) is 15.6. The molecule has 0 fully saturated rings. The van der Waals surface area contributed by atoms with Crippen molar-refractivity contribution < 1.29 is 9.52 Å². The van der Waals surface area contributed by atoms with Crippen LogP contribution in [0.1, 0.15) is 22.6 Å². The van der Waals surface area contributed by atoms with Gasteiger partial charge in [-0.15, -0.1) is 0 Å². The minimum Gasteiger partial charge on any atom is -0.462 e. The second-order valence-corrected chi connectivity index (χ2v) is 4.76. The van der Waals surface area contributed by atoms with E-state index in [2.05, 4.69) is 29.2 Å². The fraction of sp³-hybridized carbons (Fsp3) is 0.333. The van der Waals surface area contributed by atoms with Crippen LogP contribution in [-0.4, -0.2) is 16.6 Å². The molecule has 3 rings (SSSR count). The highest BCUT2D eigenvalue weighted by Gasteiger charge is 2.16. The summed E-state index contributed by atoms with van der Waals surface area (Å²) in [6.45, 7) is 2.83. The van der Waals surface area contributed by atoms with Gasteiger partial charge in [-0.05, 0) is 29.7 Å². The van der Waals surface area contributed by atoms with Gasteiger partial charge in [0.05, 0.1) is 6.54 Å². The standard InChI is InChI=1S/C15H17NO2/c17-11-15-6-5-14(18-15)10-16-8-7-12-3-1-2-4-13(12)9-16/h1-6,17H,7-11H2. The second kappa shape index (κ2) is 4.96. The van der Waals surface area contributed by atoms with Gasteiger partial charge in [0.2, 0.25) is 0 Å². The molecule has 2 heterocycles. The predicted octanol–water partition coefficient (Wildman–Crippen LogP) is 2.33. The molecule has 1 aliphatic rings. The summed E-state index contributed by atoms with van der Waals surface area (Å²) in [6.07, 6.45) is 1.10. The lowest BCUT2D eigenvalue weighted by Gasteiger charge is -2.27. The first-order valence-corrected chi connectivity index (χ1v) is 6.33. The van der Waals surface area contributed by atoms with Gasteiger partial charge in [0.25, 0.3) is 0 Å². The monoisotopic (exact) mass is 243 g/mol. The average Bonchev–Trinajstić information content (AvgIpc) is 2.86. The topological polar surface area (TPSA) is 36.6 Å². The van der Waals surface area contributed by atoms with E-state index in [0.717, 1.165) is 31.8 Å². The van der Waals surface area contributed by atoms with Crippen LogP contribution in [0, 0.1) is 0 Å². The van der Waals surface area contributed by atoms with Crippen LogP contribution in [0.2, 0.25) is 0 Å². The van der Waals surface area contributed by atoms with E-state index in [-0.39, 0.29) is 6.61 Å². The zero-order valence-electron chi connectivity index (χ0n) is 10.3. The molecular weight excluding hydrogens is 226 g/mol. The summed E-state index contributed by atoms with van der Waals surface area (Å²) in [7, 11) is 0. The van der Waals surface area contributed by atoms with Gasteiger partial charge in [-0.1, -0.05) is 24.3 Å². The third kappa shape index (κ3) is 2.33. The van der Waals surface area contributed by atoms with Gasteiger partial charge in [-0.3, -0.25) is 4.90 Å². The largest absolute Gasteiger partial charge is 0.462 e. The number of nitrogens with zero attached hydrogens (tertiary/aromatic N) is 1. The van der Waals surface area contributed by atoms with E-state index in [1.807, 2.05) is 12.1 Å². The fourth-order valence-corrected chi connectivity index (χ4v) is 2.50. The molecule has 3 nitrogen and oxygen atoms in total. The van der Waals surface area contributed by atoms with Gasteiger partial charge < -0.3 is 9.52 Å². The van der Waals surface area contributed by atoms with Crippen LogP contribution >= 0.6 is 0 Å². The highest BCUT2D eigenvalue weighted by molar-refractivity contribution is 5.29. The van der Waals surface area contributed by atoms with Crippen LogP contribution in [0.4, 0.5) is 0 Å². The molecule has 0 unspecified atom stereocenters. The summed E-state index contributed by atoms with van der Waals surface area (Å²) in [5.74, 6) is 1.57. The van der Waals surface area contributed by atoms with Crippen molar-refractivity contribution in [3.05, 3.63) is 59.0 Å². The Balaban J connectivity index is 1.69. The number of fused-ring (bicyclic) bond motifs is 1. The minimum absolute atomic E-state index is 0.0250.